The van der Waals surface area contributed by atoms with Crippen LogP contribution in [0.4, 0.5) is 0 Å². The zero-order valence-electron chi connectivity index (χ0n) is 34.1. The summed E-state index contributed by atoms with van der Waals surface area (Å²) >= 11 is 0. The number of allylic oxidation sites excluding steroid dienone is 8. The minimum Gasteiger partial charge on any atom is -0.462 e. The zero-order valence-corrected chi connectivity index (χ0v) is 34.1. The fraction of sp³-hybridized carbons (Fsp3) is 0.761. The van der Waals surface area contributed by atoms with Gasteiger partial charge >= 0.3 is 17.9 Å². The van der Waals surface area contributed by atoms with Crippen molar-refractivity contribution in [1.29, 1.82) is 0 Å². The van der Waals surface area contributed by atoms with E-state index in [2.05, 4.69) is 69.4 Å². The molecule has 0 heterocycles. The van der Waals surface area contributed by atoms with Crippen molar-refractivity contribution in [3.05, 3.63) is 48.6 Å². The van der Waals surface area contributed by atoms with Crippen LogP contribution in [-0.4, -0.2) is 37.2 Å². The molecule has 0 N–H and O–H groups in total. The number of esters is 3. The Labute approximate surface area is 320 Å². The van der Waals surface area contributed by atoms with Gasteiger partial charge in [0.1, 0.15) is 13.2 Å². The van der Waals surface area contributed by atoms with Gasteiger partial charge in [0.05, 0.1) is 0 Å². The van der Waals surface area contributed by atoms with E-state index < -0.39 is 6.10 Å². The van der Waals surface area contributed by atoms with Crippen LogP contribution in [0.2, 0.25) is 0 Å². The molecule has 6 heteroatoms. The van der Waals surface area contributed by atoms with Crippen LogP contribution >= 0.6 is 0 Å². The van der Waals surface area contributed by atoms with E-state index in [0.29, 0.717) is 19.3 Å². The van der Waals surface area contributed by atoms with E-state index in [-0.39, 0.29) is 37.5 Å². The molecule has 0 rings (SSSR count). The molecular weight excluding hydrogens is 648 g/mol. The maximum atomic E-state index is 12.6. The Morgan fingerprint density at radius 2 is 0.769 bits per heavy atom. The summed E-state index contributed by atoms with van der Waals surface area (Å²) in [5, 5.41) is 0. The van der Waals surface area contributed by atoms with Gasteiger partial charge in [0.15, 0.2) is 6.10 Å². The summed E-state index contributed by atoms with van der Waals surface area (Å²) in [4.78, 5) is 37.5. The Morgan fingerprint density at radius 1 is 0.404 bits per heavy atom. The summed E-state index contributed by atoms with van der Waals surface area (Å²) in [6.45, 7) is 6.42. The van der Waals surface area contributed by atoms with Crippen molar-refractivity contribution >= 4 is 17.9 Å². The first kappa shape index (κ1) is 49.4. The smallest absolute Gasteiger partial charge is 0.306 e. The van der Waals surface area contributed by atoms with Gasteiger partial charge in [-0.15, -0.1) is 0 Å². The van der Waals surface area contributed by atoms with Gasteiger partial charge < -0.3 is 14.2 Å². The van der Waals surface area contributed by atoms with Gasteiger partial charge in [-0.3, -0.25) is 14.4 Å². The molecule has 52 heavy (non-hydrogen) atoms. The van der Waals surface area contributed by atoms with Gasteiger partial charge in [0, 0.05) is 19.3 Å². The molecule has 0 radical (unpaired) electrons. The first-order chi connectivity index (χ1) is 25.5. The maximum absolute atomic E-state index is 12.6. The summed E-state index contributed by atoms with van der Waals surface area (Å²) in [5.74, 6) is -0.944. The summed E-state index contributed by atoms with van der Waals surface area (Å²) < 4.78 is 16.6. The largest absolute Gasteiger partial charge is 0.462 e. The molecule has 0 saturated heterocycles. The molecule has 0 amide bonds. The minimum atomic E-state index is -0.786. The highest BCUT2D eigenvalue weighted by Crippen LogP contribution is 2.13. The first-order valence-electron chi connectivity index (χ1n) is 21.6. The van der Waals surface area contributed by atoms with Gasteiger partial charge in [0.25, 0.3) is 0 Å². The average molecular weight is 729 g/mol. The SMILES string of the molecule is CC/C=C\C/C=C\C/C=C\CCCCCCCCC(=O)OCC(COC(=O)CCCCCCCCCCC)OC(=O)CCC/C=C\CCCCCC. The van der Waals surface area contributed by atoms with Gasteiger partial charge in [-0.25, -0.2) is 0 Å². The van der Waals surface area contributed by atoms with Crippen LogP contribution in [0.3, 0.4) is 0 Å². The lowest BCUT2D eigenvalue weighted by Gasteiger charge is -2.18. The van der Waals surface area contributed by atoms with Crippen molar-refractivity contribution in [3.63, 3.8) is 0 Å². The van der Waals surface area contributed by atoms with E-state index >= 15 is 0 Å². The molecule has 0 aromatic carbocycles. The number of unbranched alkanes of at least 4 members (excludes halogenated alkanes) is 19. The Hall–Kier alpha value is -2.63. The van der Waals surface area contributed by atoms with E-state index in [1.165, 1.54) is 83.5 Å². The molecule has 0 aliphatic carbocycles. The minimum absolute atomic E-state index is 0.0878. The molecule has 1 atom stereocenters. The second-order valence-corrected chi connectivity index (χ2v) is 14.2. The van der Waals surface area contributed by atoms with Crippen molar-refractivity contribution in [2.75, 3.05) is 13.2 Å². The molecule has 0 aromatic rings. The molecule has 300 valence electrons. The molecule has 0 aliphatic rings. The summed E-state index contributed by atoms with van der Waals surface area (Å²) in [7, 11) is 0. The number of carbonyl (C=O) groups is 3. The fourth-order valence-corrected chi connectivity index (χ4v) is 5.81. The lowest BCUT2D eigenvalue weighted by atomic mass is 10.1. The highest BCUT2D eigenvalue weighted by molar-refractivity contribution is 5.71. The molecule has 0 bridgehead atoms. The van der Waals surface area contributed by atoms with Crippen LogP contribution in [0.25, 0.3) is 0 Å². The van der Waals surface area contributed by atoms with Gasteiger partial charge in [0.2, 0.25) is 0 Å². The Morgan fingerprint density at radius 3 is 1.27 bits per heavy atom. The van der Waals surface area contributed by atoms with Crippen molar-refractivity contribution in [2.45, 2.75) is 213 Å². The molecule has 0 fully saturated rings. The fourth-order valence-electron chi connectivity index (χ4n) is 5.81. The van der Waals surface area contributed by atoms with Gasteiger partial charge in [-0.05, 0) is 70.6 Å². The maximum Gasteiger partial charge on any atom is 0.306 e. The van der Waals surface area contributed by atoms with Crippen LogP contribution in [0.15, 0.2) is 48.6 Å². The Balaban J connectivity index is 4.36. The lowest BCUT2D eigenvalue weighted by Crippen LogP contribution is -2.30. The number of rotatable bonds is 38. The third kappa shape index (κ3) is 38.6. The van der Waals surface area contributed by atoms with Crippen LogP contribution in [0.5, 0.6) is 0 Å². The normalized spacial score (nSPS) is 12.4. The zero-order chi connectivity index (χ0) is 38.0. The number of ether oxygens (including phenoxy) is 3. The van der Waals surface area contributed by atoms with Crippen LogP contribution in [-0.2, 0) is 28.6 Å². The standard InChI is InChI=1S/C46H80O6/c1-4-7-10-13-16-19-20-21-22-23-24-25-28-30-33-36-39-45(48)51-42-43(52-46(49)40-37-34-31-27-18-15-12-9-6-3)41-50-44(47)38-35-32-29-26-17-14-11-8-5-2/h7,10,16,19,21-22,27,31,43H,4-6,8-9,11-15,17-18,20,23-26,28-30,32-42H2,1-3H3/b10-7-,19-16-,22-21-,31-27-. The quantitative estimate of drug-likeness (QED) is 0.0272. The van der Waals surface area contributed by atoms with Crippen LogP contribution in [0.1, 0.15) is 207 Å². The predicted molar refractivity (Wildman–Crippen MR) is 219 cm³/mol. The second kappa shape index (κ2) is 41.1. The highest BCUT2D eigenvalue weighted by Gasteiger charge is 2.19. The van der Waals surface area contributed by atoms with E-state index in [9.17, 15) is 14.4 Å². The third-order valence-corrected chi connectivity index (χ3v) is 9.07. The molecule has 0 aromatic heterocycles. The number of hydrogen-bond donors (Lipinski definition) is 0. The summed E-state index contributed by atoms with van der Waals surface area (Å²) in [6, 6.07) is 0. The summed E-state index contributed by atoms with van der Waals surface area (Å²) in [5.41, 5.74) is 0. The molecule has 0 aliphatic heterocycles. The number of hydrogen-bond acceptors (Lipinski definition) is 6. The van der Waals surface area contributed by atoms with Crippen molar-refractivity contribution < 1.29 is 28.6 Å². The van der Waals surface area contributed by atoms with Gasteiger partial charge in [-0.2, -0.15) is 0 Å². The van der Waals surface area contributed by atoms with Crippen LogP contribution < -0.4 is 0 Å². The third-order valence-electron chi connectivity index (χ3n) is 9.07. The van der Waals surface area contributed by atoms with Crippen LogP contribution in [0, 0.1) is 0 Å². The van der Waals surface area contributed by atoms with E-state index in [1.54, 1.807) is 0 Å². The second-order valence-electron chi connectivity index (χ2n) is 14.2. The topological polar surface area (TPSA) is 78.9 Å². The first-order valence-corrected chi connectivity index (χ1v) is 21.6. The molecule has 1 unspecified atom stereocenters. The lowest BCUT2D eigenvalue weighted by molar-refractivity contribution is -0.167. The summed E-state index contributed by atoms with van der Waals surface area (Å²) in [6.07, 6.45) is 46.8. The van der Waals surface area contributed by atoms with Gasteiger partial charge in [-0.1, -0.05) is 166 Å². The number of carbonyl (C=O) groups excluding carboxylic acids is 3. The van der Waals surface area contributed by atoms with E-state index in [0.717, 1.165) is 77.0 Å². The Bertz CT molecular complexity index is 933. The van der Waals surface area contributed by atoms with E-state index in [1.807, 2.05) is 0 Å². The van der Waals surface area contributed by atoms with Crippen molar-refractivity contribution in [2.24, 2.45) is 0 Å². The molecule has 6 nitrogen and oxygen atoms in total. The Kier molecular flexibility index (Phi) is 39.1. The highest BCUT2D eigenvalue weighted by atomic mass is 16.6. The molecule has 0 saturated carbocycles. The van der Waals surface area contributed by atoms with Crippen molar-refractivity contribution in [3.8, 4) is 0 Å². The van der Waals surface area contributed by atoms with Crippen molar-refractivity contribution in [1.82, 2.24) is 0 Å². The molecular formula is C46H80O6. The molecule has 0 spiro atoms. The monoisotopic (exact) mass is 729 g/mol. The van der Waals surface area contributed by atoms with E-state index in [4.69, 9.17) is 14.2 Å². The average Bonchev–Trinajstić information content (AvgIpc) is 3.14. The predicted octanol–water partition coefficient (Wildman–Crippen LogP) is 13.6.